The van der Waals surface area contributed by atoms with Crippen LogP contribution in [0.2, 0.25) is 0 Å². The van der Waals surface area contributed by atoms with E-state index >= 15 is 0 Å². The minimum absolute atomic E-state index is 0.613. The molecular formula is C11H13N3S. The summed E-state index contributed by atoms with van der Waals surface area (Å²) in [6.07, 6.45) is 0. The molecular weight excluding hydrogens is 206 g/mol. The normalized spacial score (nSPS) is 10.3. The Bertz CT molecular complexity index is 445. The van der Waals surface area contributed by atoms with Gasteiger partial charge in [-0.3, -0.25) is 0 Å². The van der Waals surface area contributed by atoms with Crippen molar-refractivity contribution in [3.05, 3.63) is 29.6 Å². The molecule has 15 heavy (non-hydrogen) atoms. The molecule has 0 spiro atoms. The van der Waals surface area contributed by atoms with Crippen LogP contribution in [0.4, 0.5) is 10.8 Å². The Labute approximate surface area is 93.2 Å². The number of thiazole rings is 1. The first-order valence-corrected chi connectivity index (χ1v) is 5.53. The molecule has 0 atom stereocenters. The third kappa shape index (κ3) is 2.10. The van der Waals surface area contributed by atoms with E-state index in [4.69, 9.17) is 5.73 Å². The van der Waals surface area contributed by atoms with Crippen LogP contribution in [0, 0.1) is 0 Å². The summed E-state index contributed by atoms with van der Waals surface area (Å²) < 4.78 is 0. The molecule has 0 amide bonds. The Hall–Kier alpha value is -1.55. The van der Waals surface area contributed by atoms with Crippen molar-refractivity contribution in [1.82, 2.24) is 4.98 Å². The van der Waals surface area contributed by atoms with E-state index in [1.165, 1.54) is 17.0 Å². The lowest BCUT2D eigenvalue weighted by Crippen LogP contribution is -2.07. The number of hydrogen-bond donors (Lipinski definition) is 1. The average molecular weight is 219 g/mol. The Morgan fingerprint density at radius 1 is 1.20 bits per heavy atom. The van der Waals surface area contributed by atoms with Crippen LogP contribution in [0.25, 0.3) is 11.3 Å². The fraction of sp³-hybridized carbons (Fsp3) is 0.182. The van der Waals surface area contributed by atoms with Gasteiger partial charge in [0.25, 0.3) is 0 Å². The van der Waals surface area contributed by atoms with Crippen LogP contribution in [-0.2, 0) is 0 Å². The molecule has 0 saturated carbocycles. The van der Waals surface area contributed by atoms with Crippen LogP contribution in [0.15, 0.2) is 29.6 Å². The maximum Gasteiger partial charge on any atom is 0.180 e. The van der Waals surface area contributed by atoms with Gasteiger partial charge in [0, 0.05) is 30.7 Å². The molecule has 0 fully saturated rings. The highest BCUT2D eigenvalue weighted by Crippen LogP contribution is 2.24. The maximum atomic E-state index is 5.59. The molecule has 2 rings (SSSR count). The molecule has 2 N–H and O–H groups in total. The van der Waals surface area contributed by atoms with Crippen LogP contribution >= 0.6 is 11.3 Å². The van der Waals surface area contributed by atoms with Gasteiger partial charge in [0.15, 0.2) is 5.13 Å². The zero-order chi connectivity index (χ0) is 10.8. The van der Waals surface area contributed by atoms with E-state index in [0.29, 0.717) is 5.13 Å². The topological polar surface area (TPSA) is 42.1 Å². The van der Waals surface area contributed by atoms with E-state index in [1.54, 1.807) is 0 Å². The van der Waals surface area contributed by atoms with Crippen LogP contribution in [0.3, 0.4) is 0 Å². The van der Waals surface area contributed by atoms with Gasteiger partial charge in [0.2, 0.25) is 0 Å². The quantitative estimate of drug-likeness (QED) is 0.843. The summed E-state index contributed by atoms with van der Waals surface area (Å²) in [5, 5.41) is 2.58. The molecule has 0 saturated heterocycles. The molecule has 3 nitrogen and oxygen atoms in total. The Balaban J connectivity index is 2.31. The fourth-order valence-corrected chi connectivity index (χ4v) is 1.92. The Morgan fingerprint density at radius 3 is 2.33 bits per heavy atom. The lowest BCUT2D eigenvalue weighted by molar-refractivity contribution is 1.13. The van der Waals surface area contributed by atoms with Crippen molar-refractivity contribution in [3.8, 4) is 11.3 Å². The first kappa shape index (κ1) is 9.98. The van der Waals surface area contributed by atoms with Crippen molar-refractivity contribution < 1.29 is 0 Å². The molecule has 0 aliphatic rings. The second kappa shape index (κ2) is 3.90. The summed E-state index contributed by atoms with van der Waals surface area (Å²) in [6, 6.07) is 8.27. The highest BCUT2D eigenvalue weighted by molar-refractivity contribution is 7.13. The average Bonchev–Trinajstić information content (AvgIpc) is 2.65. The van der Waals surface area contributed by atoms with Gasteiger partial charge in [-0.05, 0) is 12.1 Å². The van der Waals surface area contributed by atoms with Crippen LogP contribution < -0.4 is 10.6 Å². The summed E-state index contributed by atoms with van der Waals surface area (Å²) in [4.78, 5) is 6.31. The molecule has 0 bridgehead atoms. The predicted octanol–water partition coefficient (Wildman–Crippen LogP) is 2.46. The summed E-state index contributed by atoms with van der Waals surface area (Å²) in [5.41, 5.74) is 8.83. The summed E-state index contributed by atoms with van der Waals surface area (Å²) in [7, 11) is 4.05. The number of rotatable bonds is 2. The summed E-state index contributed by atoms with van der Waals surface area (Å²) in [6.45, 7) is 0. The minimum atomic E-state index is 0.613. The van der Waals surface area contributed by atoms with E-state index in [9.17, 15) is 0 Å². The fourth-order valence-electron chi connectivity index (χ4n) is 1.35. The van der Waals surface area contributed by atoms with Gasteiger partial charge in [-0.15, -0.1) is 11.3 Å². The molecule has 1 heterocycles. The smallest absolute Gasteiger partial charge is 0.180 e. The van der Waals surface area contributed by atoms with Crippen molar-refractivity contribution >= 4 is 22.2 Å². The molecule has 0 radical (unpaired) electrons. The molecule has 0 aliphatic carbocycles. The van der Waals surface area contributed by atoms with Crippen molar-refractivity contribution in [2.45, 2.75) is 0 Å². The predicted molar refractivity (Wildman–Crippen MR) is 66.3 cm³/mol. The molecule has 1 aromatic heterocycles. The van der Waals surface area contributed by atoms with E-state index < -0.39 is 0 Å². The first-order valence-electron chi connectivity index (χ1n) is 4.65. The number of anilines is 2. The number of aromatic nitrogens is 1. The third-order valence-corrected chi connectivity index (χ3v) is 2.88. The highest BCUT2D eigenvalue weighted by Gasteiger charge is 2.02. The van der Waals surface area contributed by atoms with Crippen molar-refractivity contribution in [3.63, 3.8) is 0 Å². The number of nitrogens with zero attached hydrogens (tertiary/aromatic N) is 2. The van der Waals surface area contributed by atoms with Gasteiger partial charge in [-0.1, -0.05) is 12.1 Å². The Kier molecular flexibility index (Phi) is 2.60. The van der Waals surface area contributed by atoms with Crippen molar-refractivity contribution in [2.75, 3.05) is 24.7 Å². The Morgan fingerprint density at radius 2 is 1.87 bits per heavy atom. The van der Waals surface area contributed by atoms with Crippen LogP contribution in [0.5, 0.6) is 0 Å². The monoisotopic (exact) mass is 219 g/mol. The maximum absolute atomic E-state index is 5.59. The van der Waals surface area contributed by atoms with E-state index in [1.807, 2.05) is 19.5 Å². The van der Waals surface area contributed by atoms with E-state index in [-0.39, 0.29) is 0 Å². The van der Waals surface area contributed by atoms with E-state index in [0.717, 1.165) is 11.3 Å². The van der Waals surface area contributed by atoms with E-state index in [2.05, 4.69) is 34.1 Å². The second-order valence-corrected chi connectivity index (χ2v) is 4.40. The molecule has 0 aliphatic heterocycles. The van der Waals surface area contributed by atoms with Gasteiger partial charge in [0.1, 0.15) is 0 Å². The first-order chi connectivity index (χ1) is 7.16. The third-order valence-electron chi connectivity index (χ3n) is 2.20. The number of benzene rings is 1. The van der Waals surface area contributed by atoms with Gasteiger partial charge in [-0.2, -0.15) is 0 Å². The van der Waals surface area contributed by atoms with Gasteiger partial charge < -0.3 is 10.6 Å². The highest BCUT2D eigenvalue weighted by atomic mass is 32.1. The number of nitrogen functional groups attached to an aromatic ring is 1. The molecule has 78 valence electrons. The summed E-state index contributed by atoms with van der Waals surface area (Å²) in [5.74, 6) is 0. The van der Waals surface area contributed by atoms with Crippen molar-refractivity contribution in [2.24, 2.45) is 0 Å². The van der Waals surface area contributed by atoms with Gasteiger partial charge in [-0.25, -0.2) is 4.98 Å². The van der Waals surface area contributed by atoms with Gasteiger partial charge >= 0.3 is 0 Å². The zero-order valence-electron chi connectivity index (χ0n) is 8.77. The molecule has 0 unspecified atom stereocenters. The SMILES string of the molecule is CN(C)c1ccc(-c2csc(N)n2)cc1. The number of nitrogens with two attached hydrogens (primary N) is 1. The van der Waals surface area contributed by atoms with Gasteiger partial charge in [0.05, 0.1) is 5.69 Å². The largest absolute Gasteiger partial charge is 0.378 e. The molecule has 2 aromatic rings. The molecule has 4 heteroatoms. The zero-order valence-corrected chi connectivity index (χ0v) is 9.58. The summed E-state index contributed by atoms with van der Waals surface area (Å²) >= 11 is 1.47. The molecule has 1 aromatic carbocycles. The number of hydrogen-bond acceptors (Lipinski definition) is 4. The standard InChI is InChI=1S/C11H13N3S/c1-14(2)9-5-3-8(4-6-9)10-7-15-11(12)13-10/h3-7H,1-2H3,(H2,12,13). The lowest BCUT2D eigenvalue weighted by atomic mass is 10.1. The minimum Gasteiger partial charge on any atom is -0.378 e. The van der Waals surface area contributed by atoms with Crippen LogP contribution in [-0.4, -0.2) is 19.1 Å². The second-order valence-electron chi connectivity index (χ2n) is 3.51. The lowest BCUT2D eigenvalue weighted by Gasteiger charge is -2.12. The van der Waals surface area contributed by atoms with Crippen LogP contribution in [0.1, 0.15) is 0 Å². The van der Waals surface area contributed by atoms with Crippen molar-refractivity contribution in [1.29, 1.82) is 0 Å².